The Balaban J connectivity index is 2.05. The normalized spacial score (nSPS) is 10.9. The van der Waals surface area contributed by atoms with Crippen LogP contribution in [0.5, 0.6) is 23.0 Å². The lowest BCUT2D eigenvalue weighted by atomic mass is 10.2. The lowest BCUT2D eigenvalue weighted by Gasteiger charge is -2.09. The van der Waals surface area contributed by atoms with E-state index >= 15 is 0 Å². The molecule has 0 amide bonds. The van der Waals surface area contributed by atoms with Gasteiger partial charge in [-0.3, -0.25) is 0 Å². The topological polar surface area (TPSA) is 93.9 Å². The Morgan fingerprint density at radius 2 is 1.70 bits per heavy atom. The molecule has 0 aliphatic heterocycles. The molecule has 1 aromatic heterocycles. The van der Waals surface area contributed by atoms with Crippen molar-refractivity contribution in [3.8, 4) is 34.4 Å². The summed E-state index contributed by atoms with van der Waals surface area (Å²) in [6.45, 7) is 0. The number of hydrogen-bond acceptors (Lipinski definition) is 7. The minimum absolute atomic E-state index is 0.0771. The van der Waals surface area contributed by atoms with Crippen LogP contribution in [0.25, 0.3) is 11.4 Å². The lowest BCUT2D eigenvalue weighted by molar-refractivity contribution is 0.340. The number of methoxy groups -OCH3 is 3. The second-order valence-electron chi connectivity index (χ2n) is 5.38. The minimum Gasteiger partial charge on any atom is -0.502 e. The third kappa shape index (κ3) is 3.63. The molecule has 0 saturated carbocycles. The zero-order valence-electron chi connectivity index (χ0n) is 15.0. The number of ether oxygens (including phenoxy) is 3. The summed E-state index contributed by atoms with van der Waals surface area (Å²) in [5, 5.41) is 21.4. The van der Waals surface area contributed by atoms with Crippen LogP contribution < -0.4 is 14.2 Å². The average molecular weight is 386 g/mol. The van der Waals surface area contributed by atoms with Crippen molar-refractivity contribution in [1.82, 2.24) is 14.9 Å². The van der Waals surface area contributed by atoms with Gasteiger partial charge >= 0.3 is 0 Å². The van der Waals surface area contributed by atoms with Gasteiger partial charge in [-0.1, -0.05) is 12.1 Å². The molecule has 0 aliphatic rings. The van der Waals surface area contributed by atoms with E-state index in [1.165, 1.54) is 18.9 Å². The molecule has 140 valence electrons. The van der Waals surface area contributed by atoms with Crippen molar-refractivity contribution in [2.24, 2.45) is 5.10 Å². The first-order chi connectivity index (χ1) is 13.1. The van der Waals surface area contributed by atoms with Crippen LogP contribution in [0.1, 0.15) is 5.56 Å². The van der Waals surface area contributed by atoms with E-state index in [1.807, 2.05) is 24.3 Å². The molecule has 2 N–H and O–H groups in total. The molecule has 27 heavy (non-hydrogen) atoms. The molecule has 0 bridgehead atoms. The molecule has 0 radical (unpaired) electrons. The van der Waals surface area contributed by atoms with Crippen molar-refractivity contribution in [3.63, 3.8) is 0 Å². The standard InChI is InChI=1S/C18H18N4O4S/c1-24-13-7-5-4-6-12(13)17-20-21-18(27)22(17)19-10-11-8-14(25-2)16(23)15(9-11)26-3/h4-10,23H,1-3H3,(H,21,27). The van der Waals surface area contributed by atoms with Crippen LogP contribution in [0.15, 0.2) is 41.5 Å². The van der Waals surface area contributed by atoms with E-state index in [0.29, 0.717) is 21.9 Å². The summed E-state index contributed by atoms with van der Waals surface area (Å²) in [6, 6.07) is 10.7. The molecule has 3 rings (SSSR count). The number of H-pyrrole nitrogens is 1. The molecule has 2 aromatic carbocycles. The second-order valence-corrected chi connectivity index (χ2v) is 5.77. The van der Waals surface area contributed by atoms with E-state index in [-0.39, 0.29) is 17.2 Å². The summed E-state index contributed by atoms with van der Waals surface area (Å²) in [6.07, 6.45) is 1.56. The summed E-state index contributed by atoms with van der Waals surface area (Å²) in [4.78, 5) is 0. The highest BCUT2D eigenvalue weighted by Gasteiger charge is 2.14. The maximum absolute atomic E-state index is 10.0. The first-order valence-corrected chi connectivity index (χ1v) is 8.30. The number of hydrogen-bond donors (Lipinski definition) is 2. The second kappa shape index (κ2) is 7.92. The molecule has 0 unspecified atom stereocenters. The number of phenols is 1. The van der Waals surface area contributed by atoms with E-state index in [0.717, 1.165) is 5.56 Å². The molecule has 0 saturated heterocycles. The highest BCUT2D eigenvalue weighted by Crippen LogP contribution is 2.36. The molecule has 0 fully saturated rings. The Labute approximate surface area is 160 Å². The molecule has 8 nitrogen and oxygen atoms in total. The molecule has 0 atom stereocenters. The first-order valence-electron chi connectivity index (χ1n) is 7.89. The first kappa shape index (κ1) is 18.5. The fourth-order valence-electron chi connectivity index (χ4n) is 2.52. The van der Waals surface area contributed by atoms with Crippen molar-refractivity contribution < 1.29 is 19.3 Å². The third-order valence-electron chi connectivity index (χ3n) is 3.82. The monoisotopic (exact) mass is 386 g/mol. The summed E-state index contributed by atoms with van der Waals surface area (Å²) in [5.74, 6) is 1.63. The van der Waals surface area contributed by atoms with Gasteiger partial charge in [0, 0.05) is 5.56 Å². The number of nitrogens with one attached hydrogen (secondary N) is 1. The number of phenolic OH excluding ortho intramolecular Hbond substituents is 1. The molecule has 0 spiro atoms. The van der Waals surface area contributed by atoms with E-state index in [9.17, 15) is 5.11 Å². The van der Waals surface area contributed by atoms with E-state index < -0.39 is 0 Å². The number of benzene rings is 2. The highest BCUT2D eigenvalue weighted by atomic mass is 32.1. The Kier molecular flexibility index (Phi) is 5.41. The van der Waals surface area contributed by atoms with Gasteiger partial charge in [0.05, 0.1) is 33.1 Å². The summed E-state index contributed by atoms with van der Waals surface area (Å²) >= 11 is 5.29. The van der Waals surface area contributed by atoms with Gasteiger partial charge in [-0.2, -0.15) is 14.9 Å². The van der Waals surface area contributed by atoms with Gasteiger partial charge in [-0.15, -0.1) is 0 Å². The molecule has 0 aliphatic carbocycles. The van der Waals surface area contributed by atoms with Gasteiger partial charge in [-0.25, -0.2) is 5.10 Å². The Morgan fingerprint density at radius 1 is 1.07 bits per heavy atom. The number of rotatable bonds is 6. The van der Waals surface area contributed by atoms with Gasteiger partial charge in [0.15, 0.2) is 17.3 Å². The predicted octanol–water partition coefficient (Wildman–Crippen LogP) is 3.22. The average Bonchev–Trinajstić information content (AvgIpc) is 3.07. The van der Waals surface area contributed by atoms with Gasteiger partial charge in [-0.05, 0) is 36.5 Å². The summed E-state index contributed by atoms with van der Waals surface area (Å²) < 4.78 is 17.5. The van der Waals surface area contributed by atoms with Crippen molar-refractivity contribution >= 4 is 18.4 Å². The molecule has 1 heterocycles. The fraction of sp³-hybridized carbons (Fsp3) is 0.167. The Hall–Kier alpha value is -3.33. The van der Waals surface area contributed by atoms with Crippen LogP contribution in [0.3, 0.4) is 0 Å². The molecule has 9 heteroatoms. The number of aromatic amines is 1. The van der Waals surface area contributed by atoms with Gasteiger partial charge in [0.25, 0.3) is 0 Å². The molecule has 3 aromatic rings. The summed E-state index contributed by atoms with van der Waals surface area (Å²) in [5.41, 5.74) is 1.39. The molecular weight excluding hydrogens is 368 g/mol. The van der Waals surface area contributed by atoms with Gasteiger partial charge in [0.1, 0.15) is 5.75 Å². The highest BCUT2D eigenvalue weighted by molar-refractivity contribution is 7.71. The van der Waals surface area contributed by atoms with Crippen LogP contribution >= 0.6 is 12.2 Å². The Morgan fingerprint density at radius 3 is 2.33 bits per heavy atom. The number of para-hydroxylation sites is 1. The predicted molar refractivity (Wildman–Crippen MR) is 104 cm³/mol. The van der Waals surface area contributed by atoms with Crippen LogP contribution in [0, 0.1) is 4.77 Å². The number of aromatic hydroxyl groups is 1. The van der Waals surface area contributed by atoms with Gasteiger partial charge in [0.2, 0.25) is 10.5 Å². The minimum atomic E-state index is -0.0771. The van der Waals surface area contributed by atoms with Crippen molar-refractivity contribution in [1.29, 1.82) is 0 Å². The van der Waals surface area contributed by atoms with Crippen molar-refractivity contribution in [3.05, 3.63) is 46.7 Å². The number of aromatic nitrogens is 3. The number of nitrogens with zero attached hydrogens (tertiary/aromatic N) is 3. The van der Waals surface area contributed by atoms with Crippen molar-refractivity contribution in [2.75, 3.05) is 21.3 Å². The van der Waals surface area contributed by atoms with Crippen LogP contribution in [-0.4, -0.2) is 47.5 Å². The van der Waals surface area contributed by atoms with Crippen LogP contribution in [-0.2, 0) is 0 Å². The SMILES string of the molecule is COc1ccccc1-c1n[nH]c(=S)n1N=Cc1cc(OC)c(O)c(OC)c1. The van der Waals surface area contributed by atoms with E-state index in [2.05, 4.69) is 15.3 Å². The Bertz CT molecular complexity index is 1020. The van der Waals surface area contributed by atoms with E-state index in [1.54, 1.807) is 25.5 Å². The molecular formula is C18H18N4O4S. The quantitative estimate of drug-likeness (QED) is 0.499. The van der Waals surface area contributed by atoms with Gasteiger partial charge < -0.3 is 19.3 Å². The summed E-state index contributed by atoms with van der Waals surface area (Å²) in [7, 11) is 4.51. The van der Waals surface area contributed by atoms with E-state index in [4.69, 9.17) is 26.4 Å². The van der Waals surface area contributed by atoms with Crippen LogP contribution in [0.4, 0.5) is 0 Å². The van der Waals surface area contributed by atoms with Crippen molar-refractivity contribution in [2.45, 2.75) is 0 Å². The maximum atomic E-state index is 10.0. The fourth-order valence-corrected chi connectivity index (χ4v) is 2.69. The smallest absolute Gasteiger partial charge is 0.216 e. The third-order valence-corrected chi connectivity index (χ3v) is 4.09. The zero-order chi connectivity index (χ0) is 19.4. The largest absolute Gasteiger partial charge is 0.502 e. The lowest BCUT2D eigenvalue weighted by Crippen LogP contribution is -1.98. The van der Waals surface area contributed by atoms with Crippen LogP contribution in [0.2, 0.25) is 0 Å². The zero-order valence-corrected chi connectivity index (χ0v) is 15.8. The maximum Gasteiger partial charge on any atom is 0.216 e.